The minimum absolute atomic E-state index is 0.491. The number of nitrogens with zero attached hydrogens (tertiary/aromatic N) is 1. The van der Waals surface area contributed by atoms with Crippen molar-refractivity contribution in [3.05, 3.63) is 35.4 Å². The molecule has 0 spiro atoms. The van der Waals surface area contributed by atoms with Gasteiger partial charge in [-0.2, -0.15) is 0 Å². The molecule has 1 amide bonds. The van der Waals surface area contributed by atoms with Crippen molar-refractivity contribution in [1.29, 1.82) is 0 Å². The average Bonchev–Trinajstić information content (AvgIpc) is 3.05. The van der Waals surface area contributed by atoms with E-state index in [1.165, 1.54) is 0 Å². The van der Waals surface area contributed by atoms with Crippen LogP contribution >= 0.6 is 0 Å². The molecule has 1 aromatic carbocycles. The lowest BCUT2D eigenvalue weighted by Crippen LogP contribution is -2.36. The Hall–Kier alpha value is -2.37. The quantitative estimate of drug-likeness (QED) is 0.543. The van der Waals surface area contributed by atoms with Gasteiger partial charge in [0.05, 0.1) is 23.9 Å². The van der Waals surface area contributed by atoms with Crippen molar-refractivity contribution >= 4 is 18.0 Å². The molecular weight excluding hydrogens is 298 g/mol. The smallest absolute Gasteiger partial charge is 0.411 e. The summed E-state index contributed by atoms with van der Waals surface area (Å²) in [4.78, 5) is 38.4. The molecule has 4 rings (SSSR count). The van der Waals surface area contributed by atoms with Gasteiger partial charge in [0.15, 0.2) is 0 Å². The second kappa shape index (κ2) is 4.34. The van der Waals surface area contributed by atoms with Gasteiger partial charge in [-0.1, -0.05) is 24.3 Å². The number of amides is 1. The highest BCUT2D eigenvalue weighted by atomic mass is 16.6. The molecule has 2 saturated heterocycles. The summed E-state index contributed by atoms with van der Waals surface area (Å²) in [6.07, 6.45) is -0.501. The molecule has 0 saturated carbocycles. The Labute approximate surface area is 133 Å². The molecule has 3 heterocycles. The second-order valence-electron chi connectivity index (χ2n) is 7.20. The molecule has 0 aliphatic carbocycles. The molecule has 2 fully saturated rings. The number of fused-ring (bicyclic) bond motifs is 8. The van der Waals surface area contributed by atoms with Crippen molar-refractivity contribution in [2.45, 2.75) is 38.5 Å². The first-order chi connectivity index (χ1) is 10.8. The zero-order valence-electron chi connectivity index (χ0n) is 13.1. The van der Waals surface area contributed by atoms with Crippen molar-refractivity contribution in [2.24, 2.45) is 11.8 Å². The number of ether oxygens (including phenoxy) is 2. The summed E-state index contributed by atoms with van der Waals surface area (Å²) in [5.41, 5.74) is 1.15. The monoisotopic (exact) mass is 315 g/mol. The molecular formula is C17H17NO5. The van der Waals surface area contributed by atoms with E-state index in [4.69, 9.17) is 9.47 Å². The highest BCUT2D eigenvalue weighted by Gasteiger charge is 2.67. The molecule has 1 aromatic rings. The molecule has 23 heavy (non-hydrogen) atoms. The fourth-order valence-corrected chi connectivity index (χ4v) is 3.98. The van der Waals surface area contributed by atoms with Crippen LogP contribution in [0.15, 0.2) is 24.3 Å². The Bertz CT molecular complexity index is 688. The van der Waals surface area contributed by atoms with E-state index in [1.54, 1.807) is 25.7 Å². The van der Waals surface area contributed by atoms with Gasteiger partial charge < -0.3 is 9.47 Å². The van der Waals surface area contributed by atoms with Crippen LogP contribution in [0.25, 0.3) is 0 Å². The first-order valence-electron chi connectivity index (χ1n) is 7.65. The van der Waals surface area contributed by atoms with Crippen molar-refractivity contribution in [3.63, 3.8) is 0 Å². The number of hydrogen-bond donors (Lipinski definition) is 0. The molecule has 3 aliphatic heterocycles. The van der Waals surface area contributed by atoms with Gasteiger partial charge in [-0.25, -0.2) is 4.79 Å². The third-order valence-electron chi connectivity index (χ3n) is 4.65. The maximum atomic E-state index is 12.7. The van der Waals surface area contributed by atoms with Crippen LogP contribution in [0.2, 0.25) is 0 Å². The van der Waals surface area contributed by atoms with E-state index in [2.05, 4.69) is 0 Å². The number of esters is 2. The van der Waals surface area contributed by atoms with Gasteiger partial charge >= 0.3 is 18.0 Å². The number of benzene rings is 1. The minimum atomic E-state index is -0.648. The zero-order chi connectivity index (χ0) is 16.5. The maximum Gasteiger partial charge on any atom is 0.411 e. The first kappa shape index (κ1) is 14.2. The summed E-state index contributed by atoms with van der Waals surface area (Å²) in [5, 5.41) is 0. The van der Waals surface area contributed by atoms with Crippen LogP contribution in [0, 0.1) is 11.8 Å². The maximum absolute atomic E-state index is 12.7. The van der Waals surface area contributed by atoms with Crippen LogP contribution in [0.3, 0.4) is 0 Å². The van der Waals surface area contributed by atoms with E-state index >= 15 is 0 Å². The van der Waals surface area contributed by atoms with E-state index in [0.717, 1.165) is 11.1 Å². The zero-order valence-corrected chi connectivity index (χ0v) is 13.1. The van der Waals surface area contributed by atoms with Crippen LogP contribution in [0.1, 0.15) is 44.0 Å². The molecule has 0 N–H and O–H groups in total. The predicted molar refractivity (Wildman–Crippen MR) is 78.1 cm³/mol. The number of cyclic esters (lactones) is 2. The van der Waals surface area contributed by atoms with E-state index in [1.807, 2.05) is 24.3 Å². The minimum Gasteiger partial charge on any atom is -0.444 e. The predicted octanol–water partition coefficient (Wildman–Crippen LogP) is 2.35. The fraction of sp³-hybridized carbons (Fsp3) is 0.471. The van der Waals surface area contributed by atoms with Crippen molar-refractivity contribution in [3.8, 4) is 0 Å². The Kier molecular flexibility index (Phi) is 2.69. The van der Waals surface area contributed by atoms with Crippen LogP contribution in [0.4, 0.5) is 4.79 Å². The van der Waals surface area contributed by atoms with E-state index in [0.29, 0.717) is 0 Å². The Morgan fingerprint density at radius 3 is 1.96 bits per heavy atom. The number of carbonyl (C=O) groups excluding carboxylic acids is 3. The number of rotatable bonds is 0. The fourth-order valence-electron chi connectivity index (χ4n) is 3.98. The van der Waals surface area contributed by atoms with Crippen molar-refractivity contribution < 1.29 is 23.9 Å². The molecule has 2 bridgehead atoms. The molecule has 0 unspecified atom stereocenters. The highest BCUT2D eigenvalue weighted by molar-refractivity contribution is 6.00. The Morgan fingerprint density at radius 1 is 1.04 bits per heavy atom. The third-order valence-corrected chi connectivity index (χ3v) is 4.65. The van der Waals surface area contributed by atoms with Gasteiger partial charge in [-0.3, -0.25) is 14.5 Å². The topological polar surface area (TPSA) is 72.9 Å². The number of carbonyl (C=O) groups is 3. The molecule has 0 aromatic heterocycles. The Balaban J connectivity index is 1.80. The van der Waals surface area contributed by atoms with Crippen LogP contribution in [0.5, 0.6) is 0 Å². The van der Waals surface area contributed by atoms with Gasteiger partial charge in [0.25, 0.3) is 0 Å². The first-order valence-corrected chi connectivity index (χ1v) is 7.65. The highest BCUT2D eigenvalue weighted by Crippen LogP contribution is 2.61. The van der Waals surface area contributed by atoms with Crippen LogP contribution < -0.4 is 0 Å². The second-order valence-corrected chi connectivity index (χ2v) is 7.20. The summed E-state index contributed by atoms with van der Waals surface area (Å²) < 4.78 is 10.3. The molecule has 120 valence electrons. The summed E-state index contributed by atoms with van der Waals surface area (Å²) in [5.74, 6) is -2.35. The molecule has 0 radical (unpaired) electrons. The standard InChI is InChI=1S/C17H17NO5/c1-17(2,3)23-16(21)18-12-8-6-4-5-7-9(8)13(18)11-10(12)14(19)22-15(11)20/h4-7,10-13H,1-3H3/t10-,11-,12-,13+/m1/s1. The summed E-state index contributed by atoms with van der Waals surface area (Å²) in [6.45, 7) is 5.36. The van der Waals surface area contributed by atoms with E-state index in [9.17, 15) is 14.4 Å². The Morgan fingerprint density at radius 2 is 1.52 bits per heavy atom. The van der Waals surface area contributed by atoms with Gasteiger partial charge in [0.2, 0.25) is 0 Å². The molecule has 4 atom stereocenters. The van der Waals surface area contributed by atoms with Gasteiger partial charge in [-0.05, 0) is 31.9 Å². The van der Waals surface area contributed by atoms with Crippen LogP contribution in [-0.2, 0) is 19.1 Å². The largest absolute Gasteiger partial charge is 0.444 e. The SMILES string of the molecule is CC(C)(C)OC(=O)N1[C@@H]2c3ccccc3[C@H]1[C@@H]1C(=O)OC(=O)[C@H]12. The lowest BCUT2D eigenvalue weighted by Gasteiger charge is -2.28. The van der Waals surface area contributed by atoms with Crippen molar-refractivity contribution in [1.82, 2.24) is 4.90 Å². The van der Waals surface area contributed by atoms with Crippen molar-refractivity contribution in [2.75, 3.05) is 0 Å². The average molecular weight is 315 g/mol. The van der Waals surface area contributed by atoms with E-state index < -0.39 is 47.6 Å². The lowest BCUT2D eigenvalue weighted by molar-refractivity contribution is -0.155. The molecule has 3 aliphatic rings. The third kappa shape index (κ3) is 1.84. The number of hydrogen-bond acceptors (Lipinski definition) is 5. The molecule has 6 nitrogen and oxygen atoms in total. The lowest BCUT2D eigenvalue weighted by atomic mass is 9.77. The van der Waals surface area contributed by atoms with Gasteiger partial charge in [0.1, 0.15) is 5.60 Å². The summed E-state index contributed by atoms with van der Waals surface area (Å²) >= 11 is 0. The summed E-state index contributed by atoms with van der Waals surface area (Å²) in [6, 6.07) is 6.53. The summed E-state index contributed by atoms with van der Waals surface area (Å²) in [7, 11) is 0. The van der Waals surface area contributed by atoms with Gasteiger partial charge in [-0.15, -0.1) is 0 Å². The normalized spacial score (nSPS) is 31.0. The van der Waals surface area contributed by atoms with Crippen LogP contribution in [-0.4, -0.2) is 28.5 Å². The van der Waals surface area contributed by atoms with Gasteiger partial charge in [0, 0.05) is 0 Å². The molecule has 6 heteroatoms. The van der Waals surface area contributed by atoms with E-state index in [-0.39, 0.29) is 0 Å².